The van der Waals surface area contributed by atoms with Gasteiger partial charge < -0.3 is 5.32 Å². The molecule has 2 rings (SSSR count). The summed E-state index contributed by atoms with van der Waals surface area (Å²) >= 11 is 0. The molecule has 0 bridgehead atoms. The van der Waals surface area contributed by atoms with E-state index < -0.39 is 10.0 Å². The Balaban J connectivity index is 2.03. The van der Waals surface area contributed by atoms with Crippen molar-refractivity contribution in [3.05, 3.63) is 0 Å². The minimum absolute atomic E-state index is 0.0897. The summed E-state index contributed by atoms with van der Waals surface area (Å²) in [4.78, 5) is 0. The summed E-state index contributed by atoms with van der Waals surface area (Å²) < 4.78 is 26.1. The van der Waals surface area contributed by atoms with E-state index in [1.807, 2.05) is 7.05 Å². The largest absolute Gasteiger partial charge is 0.316 e. The van der Waals surface area contributed by atoms with Gasteiger partial charge >= 0.3 is 0 Å². The Hall–Kier alpha value is -0.130. The molecule has 1 heterocycles. The Morgan fingerprint density at radius 2 is 1.87 bits per heavy atom. The molecule has 0 aromatic heterocycles. The van der Waals surface area contributed by atoms with Gasteiger partial charge in [0, 0.05) is 19.1 Å². The molecule has 15 heavy (non-hydrogen) atoms. The van der Waals surface area contributed by atoms with Gasteiger partial charge in [0.25, 0.3) is 0 Å². The smallest absolute Gasteiger partial charge is 0.217 e. The zero-order valence-electron chi connectivity index (χ0n) is 9.28. The van der Waals surface area contributed by atoms with Crippen molar-refractivity contribution in [2.24, 2.45) is 0 Å². The monoisotopic (exact) mass is 232 g/mol. The molecule has 0 aromatic rings. The highest BCUT2D eigenvalue weighted by Gasteiger charge is 2.37. The second kappa shape index (κ2) is 4.39. The average Bonchev–Trinajstić information content (AvgIpc) is 2.89. The van der Waals surface area contributed by atoms with E-state index in [0.29, 0.717) is 19.1 Å². The molecule has 2 aliphatic rings. The lowest BCUT2D eigenvalue weighted by atomic mass is 10.3. The van der Waals surface area contributed by atoms with Crippen LogP contribution in [0.25, 0.3) is 0 Å². The minimum atomic E-state index is -2.99. The summed E-state index contributed by atoms with van der Waals surface area (Å²) in [6.45, 7) is 1.36. The van der Waals surface area contributed by atoms with E-state index in [1.54, 1.807) is 4.31 Å². The molecule has 5 heteroatoms. The van der Waals surface area contributed by atoms with Gasteiger partial charge in [-0.05, 0) is 26.3 Å². The number of hydrogen-bond donors (Lipinski definition) is 1. The van der Waals surface area contributed by atoms with Crippen molar-refractivity contribution < 1.29 is 8.42 Å². The highest BCUT2D eigenvalue weighted by atomic mass is 32.2. The Morgan fingerprint density at radius 1 is 1.20 bits per heavy atom. The molecular weight excluding hydrogens is 212 g/mol. The Labute approximate surface area is 92.1 Å². The van der Waals surface area contributed by atoms with Crippen LogP contribution >= 0.6 is 0 Å². The van der Waals surface area contributed by atoms with Crippen LogP contribution in [0.1, 0.15) is 32.1 Å². The van der Waals surface area contributed by atoms with Crippen LogP contribution in [0.2, 0.25) is 0 Å². The van der Waals surface area contributed by atoms with Gasteiger partial charge in [0.15, 0.2) is 0 Å². The van der Waals surface area contributed by atoms with E-state index in [1.165, 1.54) is 0 Å². The van der Waals surface area contributed by atoms with Crippen LogP contribution in [-0.2, 0) is 10.0 Å². The number of nitrogens with one attached hydrogen (secondary N) is 1. The Bertz CT molecular complexity index is 309. The third kappa shape index (κ3) is 2.19. The van der Waals surface area contributed by atoms with Gasteiger partial charge in [-0.25, -0.2) is 12.7 Å². The molecular formula is C10H20N2O2S. The number of rotatable bonds is 3. The minimum Gasteiger partial charge on any atom is -0.316 e. The van der Waals surface area contributed by atoms with Gasteiger partial charge in [0.05, 0.1) is 5.25 Å². The third-order valence-electron chi connectivity index (χ3n) is 3.64. The van der Waals surface area contributed by atoms with Crippen LogP contribution in [0.5, 0.6) is 0 Å². The molecule has 1 aliphatic carbocycles. The summed E-state index contributed by atoms with van der Waals surface area (Å²) in [5.41, 5.74) is 0. The average molecular weight is 232 g/mol. The zero-order chi connectivity index (χ0) is 10.9. The van der Waals surface area contributed by atoms with Gasteiger partial charge in [-0.15, -0.1) is 0 Å². The first kappa shape index (κ1) is 11.4. The SMILES string of the molecule is CNC1CCN(S(=O)(=O)C2CCCC2)C1. The number of likely N-dealkylation sites (N-methyl/N-ethyl adjacent to an activating group) is 1. The van der Waals surface area contributed by atoms with Crippen molar-refractivity contribution in [3.8, 4) is 0 Å². The highest BCUT2D eigenvalue weighted by molar-refractivity contribution is 7.89. The fraction of sp³-hybridized carbons (Fsp3) is 1.00. The maximum absolute atomic E-state index is 12.2. The van der Waals surface area contributed by atoms with Crippen LogP contribution in [-0.4, -0.2) is 44.2 Å². The molecule has 1 N–H and O–H groups in total. The zero-order valence-corrected chi connectivity index (χ0v) is 10.1. The third-order valence-corrected chi connectivity index (χ3v) is 6.01. The fourth-order valence-corrected chi connectivity index (χ4v) is 4.69. The quantitative estimate of drug-likeness (QED) is 0.773. The van der Waals surface area contributed by atoms with E-state index in [0.717, 1.165) is 32.1 Å². The van der Waals surface area contributed by atoms with Gasteiger partial charge in [-0.1, -0.05) is 12.8 Å². The summed E-state index contributed by atoms with van der Waals surface area (Å²) in [6.07, 6.45) is 4.83. The van der Waals surface area contributed by atoms with Crippen molar-refractivity contribution in [2.45, 2.75) is 43.4 Å². The van der Waals surface area contributed by atoms with E-state index in [9.17, 15) is 8.42 Å². The van der Waals surface area contributed by atoms with E-state index in [4.69, 9.17) is 0 Å². The summed E-state index contributed by atoms with van der Waals surface area (Å²) in [6, 6.07) is 0.348. The molecule has 0 aromatic carbocycles. The van der Waals surface area contributed by atoms with Crippen molar-refractivity contribution in [2.75, 3.05) is 20.1 Å². The molecule has 0 radical (unpaired) electrons. The Kier molecular flexibility index (Phi) is 3.33. The predicted octanol–water partition coefficient (Wildman–Crippen LogP) is 0.552. The highest BCUT2D eigenvalue weighted by Crippen LogP contribution is 2.28. The molecule has 0 spiro atoms. The lowest BCUT2D eigenvalue weighted by Gasteiger charge is -2.20. The van der Waals surface area contributed by atoms with Crippen LogP contribution < -0.4 is 5.32 Å². The van der Waals surface area contributed by atoms with Crippen LogP contribution in [0.3, 0.4) is 0 Å². The molecule has 1 saturated carbocycles. The molecule has 0 amide bonds. The van der Waals surface area contributed by atoms with Crippen LogP contribution in [0.15, 0.2) is 0 Å². The second-order valence-electron chi connectivity index (χ2n) is 4.58. The van der Waals surface area contributed by atoms with Crippen molar-refractivity contribution >= 4 is 10.0 Å². The summed E-state index contributed by atoms with van der Waals surface area (Å²) in [5.74, 6) is 0. The molecule has 1 aliphatic heterocycles. The second-order valence-corrected chi connectivity index (χ2v) is 6.80. The normalized spacial score (nSPS) is 30.1. The molecule has 2 fully saturated rings. The van der Waals surface area contributed by atoms with Gasteiger partial charge in [-0.3, -0.25) is 0 Å². The standard InChI is InChI=1S/C10H20N2O2S/c1-11-9-6-7-12(8-9)15(13,14)10-4-2-3-5-10/h9-11H,2-8H2,1H3. The number of hydrogen-bond acceptors (Lipinski definition) is 3. The van der Waals surface area contributed by atoms with Gasteiger partial charge in [0.1, 0.15) is 0 Å². The van der Waals surface area contributed by atoms with Gasteiger partial charge in [-0.2, -0.15) is 0 Å². The molecule has 4 nitrogen and oxygen atoms in total. The Morgan fingerprint density at radius 3 is 2.40 bits per heavy atom. The molecule has 1 unspecified atom stereocenters. The maximum atomic E-state index is 12.2. The number of sulfonamides is 1. The first-order chi connectivity index (χ1) is 7.14. The summed E-state index contributed by atoms with van der Waals surface area (Å²) in [5, 5.41) is 3.06. The first-order valence-corrected chi connectivity index (χ1v) is 7.31. The lowest BCUT2D eigenvalue weighted by Crippen LogP contribution is -2.38. The van der Waals surface area contributed by atoms with E-state index in [2.05, 4.69) is 5.32 Å². The lowest BCUT2D eigenvalue weighted by molar-refractivity contribution is 0.453. The van der Waals surface area contributed by atoms with Crippen molar-refractivity contribution in [1.82, 2.24) is 9.62 Å². The summed E-state index contributed by atoms with van der Waals surface area (Å²) in [7, 11) is -1.09. The molecule has 1 atom stereocenters. The first-order valence-electron chi connectivity index (χ1n) is 5.81. The van der Waals surface area contributed by atoms with Gasteiger partial charge in [0.2, 0.25) is 10.0 Å². The number of nitrogens with zero attached hydrogens (tertiary/aromatic N) is 1. The van der Waals surface area contributed by atoms with Crippen LogP contribution in [0, 0.1) is 0 Å². The fourth-order valence-electron chi connectivity index (χ4n) is 2.59. The van der Waals surface area contributed by atoms with E-state index in [-0.39, 0.29) is 5.25 Å². The molecule has 1 saturated heterocycles. The predicted molar refractivity (Wildman–Crippen MR) is 60.2 cm³/mol. The molecule has 88 valence electrons. The van der Waals surface area contributed by atoms with Crippen LogP contribution in [0.4, 0.5) is 0 Å². The van der Waals surface area contributed by atoms with Crippen molar-refractivity contribution in [3.63, 3.8) is 0 Å². The maximum Gasteiger partial charge on any atom is 0.217 e. The topological polar surface area (TPSA) is 49.4 Å². The van der Waals surface area contributed by atoms with E-state index >= 15 is 0 Å². The van der Waals surface area contributed by atoms with Crippen molar-refractivity contribution in [1.29, 1.82) is 0 Å².